The van der Waals surface area contributed by atoms with Crippen molar-refractivity contribution >= 4 is 39.1 Å². The number of ether oxygens (including phenoxy) is 3. The Bertz CT molecular complexity index is 1740. The molecule has 10 nitrogen and oxygen atoms in total. The average molecular weight is 580 g/mol. The fraction of sp³-hybridized carbons (Fsp3) is 0.273. The number of fused-ring (bicyclic) bond motifs is 2. The van der Waals surface area contributed by atoms with Crippen molar-refractivity contribution in [1.29, 1.82) is 0 Å². The standard InChI is InChI=1S/C33H33N5O5/c1-41-13-14-43-32-18-26-25(16-31(32)42-2)33(35-21-34-26)36-27-17-30(40)28(19-29(27)39)38-11-9-37(10-12-38)20-22-7-8-23-5-3-4-6-24(23)15-22/h3-8,15-19,21H,9-14,20H2,1-2H3,(H,34,35,36). The number of piperazine rings is 1. The van der Waals surface area contributed by atoms with Gasteiger partial charge in [-0.05, 0) is 28.5 Å². The van der Waals surface area contributed by atoms with Crippen molar-refractivity contribution in [2.75, 3.05) is 58.9 Å². The number of ketones is 2. The molecule has 3 aromatic carbocycles. The molecule has 6 rings (SSSR count). The summed E-state index contributed by atoms with van der Waals surface area (Å²) < 4.78 is 16.3. The quantitative estimate of drug-likeness (QED) is 0.219. The second-order valence-electron chi connectivity index (χ2n) is 10.5. The number of carbonyl (C=O) groups is 2. The first-order chi connectivity index (χ1) is 21.0. The van der Waals surface area contributed by atoms with Crippen LogP contribution in [0, 0.1) is 0 Å². The molecule has 10 heteroatoms. The van der Waals surface area contributed by atoms with Gasteiger partial charge in [-0.25, -0.2) is 9.97 Å². The fourth-order valence-corrected chi connectivity index (χ4v) is 5.43. The van der Waals surface area contributed by atoms with Crippen LogP contribution in [0.3, 0.4) is 0 Å². The largest absolute Gasteiger partial charge is 0.493 e. The van der Waals surface area contributed by atoms with E-state index in [0.29, 0.717) is 60.2 Å². The highest BCUT2D eigenvalue weighted by Gasteiger charge is 2.28. The van der Waals surface area contributed by atoms with Gasteiger partial charge in [0.05, 0.1) is 30.6 Å². The molecule has 0 atom stereocenters. The number of aromatic nitrogens is 2. The van der Waals surface area contributed by atoms with Gasteiger partial charge in [0, 0.05) is 63.4 Å². The molecule has 0 unspecified atom stereocenters. The van der Waals surface area contributed by atoms with E-state index >= 15 is 0 Å². The molecule has 43 heavy (non-hydrogen) atoms. The zero-order valence-electron chi connectivity index (χ0n) is 24.2. The Hall–Kier alpha value is -4.80. The van der Waals surface area contributed by atoms with Gasteiger partial charge in [-0.1, -0.05) is 36.4 Å². The van der Waals surface area contributed by atoms with Crippen molar-refractivity contribution in [3.63, 3.8) is 0 Å². The highest BCUT2D eigenvalue weighted by Crippen LogP contribution is 2.34. The Morgan fingerprint density at radius 2 is 1.65 bits per heavy atom. The van der Waals surface area contributed by atoms with Crippen LogP contribution in [0.5, 0.6) is 11.5 Å². The Morgan fingerprint density at radius 1 is 0.837 bits per heavy atom. The Morgan fingerprint density at radius 3 is 2.44 bits per heavy atom. The first-order valence-electron chi connectivity index (χ1n) is 14.2. The van der Waals surface area contributed by atoms with Crippen molar-refractivity contribution in [1.82, 2.24) is 19.8 Å². The predicted octanol–water partition coefficient (Wildman–Crippen LogP) is 3.97. The molecule has 1 aliphatic carbocycles. The molecule has 0 radical (unpaired) electrons. The highest BCUT2D eigenvalue weighted by atomic mass is 16.5. The van der Waals surface area contributed by atoms with E-state index in [4.69, 9.17) is 14.2 Å². The summed E-state index contributed by atoms with van der Waals surface area (Å²) in [7, 11) is 3.15. The normalized spacial score (nSPS) is 15.9. The van der Waals surface area contributed by atoms with Crippen LogP contribution in [-0.4, -0.2) is 84.9 Å². The minimum absolute atomic E-state index is 0.156. The first-order valence-corrected chi connectivity index (χ1v) is 14.2. The molecule has 220 valence electrons. The molecule has 1 N–H and O–H groups in total. The second kappa shape index (κ2) is 12.6. The van der Waals surface area contributed by atoms with E-state index in [9.17, 15) is 9.59 Å². The molecule has 4 aromatic rings. The molecule has 0 amide bonds. The number of benzene rings is 3. The fourth-order valence-electron chi connectivity index (χ4n) is 5.43. The van der Waals surface area contributed by atoms with Crippen molar-refractivity contribution in [3.8, 4) is 11.5 Å². The summed E-state index contributed by atoms with van der Waals surface area (Å²) in [5.41, 5.74) is 2.44. The van der Waals surface area contributed by atoms with Crippen LogP contribution < -0.4 is 14.8 Å². The SMILES string of the molecule is COCCOc1cc2ncnc(NC3=CC(=O)C(N4CCN(Cc5ccc6ccccc6c5)CC4)=CC3=O)c2cc1OC. The molecule has 0 saturated carbocycles. The zero-order chi connectivity index (χ0) is 29.8. The molecule has 1 saturated heterocycles. The molecule has 0 spiro atoms. The van der Waals surface area contributed by atoms with E-state index in [-0.39, 0.29) is 17.3 Å². The van der Waals surface area contributed by atoms with Crippen LogP contribution in [-0.2, 0) is 20.9 Å². The molecule has 1 fully saturated rings. The topological polar surface area (TPSA) is 106 Å². The molecule has 2 heterocycles. The monoisotopic (exact) mass is 579 g/mol. The number of methoxy groups -OCH3 is 2. The predicted molar refractivity (Wildman–Crippen MR) is 164 cm³/mol. The maximum Gasteiger partial charge on any atom is 0.204 e. The van der Waals surface area contributed by atoms with E-state index < -0.39 is 0 Å². The van der Waals surface area contributed by atoms with E-state index in [1.54, 1.807) is 26.4 Å². The summed E-state index contributed by atoms with van der Waals surface area (Å²) in [4.78, 5) is 39.4. The third-order valence-corrected chi connectivity index (χ3v) is 7.71. The second-order valence-corrected chi connectivity index (χ2v) is 10.5. The number of allylic oxidation sites excluding steroid dienone is 2. The van der Waals surface area contributed by atoms with Gasteiger partial charge in [0.25, 0.3) is 0 Å². The molecule has 1 aliphatic heterocycles. The summed E-state index contributed by atoms with van der Waals surface area (Å²) in [5, 5.41) is 6.14. The van der Waals surface area contributed by atoms with Gasteiger partial charge in [-0.2, -0.15) is 0 Å². The Labute approximate surface area is 249 Å². The van der Waals surface area contributed by atoms with E-state index in [0.717, 1.165) is 19.6 Å². The number of nitrogens with one attached hydrogen (secondary N) is 1. The van der Waals surface area contributed by atoms with E-state index in [2.05, 4.69) is 56.6 Å². The van der Waals surface area contributed by atoms with Gasteiger partial charge < -0.3 is 24.4 Å². The van der Waals surface area contributed by atoms with Crippen LogP contribution in [0.15, 0.2) is 84.5 Å². The summed E-state index contributed by atoms with van der Waals surface area (Å²) in [6.45, 7) is 4.56. The molecular weight excluding hydrogens is 546 g/mol. The number of hydrogen-bond donors (Lipinski definition) is 1. The summed E-state index contributed by atoms with van der Waals surface area (Å²) >= 11 is 0. The summed E-state index contributed by atoms with van der Waals surface area (Å²) in [6.07, 6.45) is 4.17. The lowest BCUT2D eigenvalue weighted by molar-refractivity contribution is -0.116. The molecular formula is C33H33N5O5. The van der Waals surface area contributed by atoms with Crippen LogP contribution >= 0.6 is 0 Å². The number of rotatable bonds is 10. The zero-order valence-corrected chi connectivity index (χ0v) is 24.2. The van der Waals surface area contributed by atoms with Crippen molar-refractivity contribution in [2.24, 2.45) is 0 Å². The van der Waals surface area contributed by atoms with Crippen LogP contribution in [0.25, 0.3) is 21.7 Å². The third-order valence-electron chi connectivity index (χ3n) is 7.71. The Balaban J connectivity index is 1.11. The van der Waals surface area contributed by atoms with E-state index in [1.807, 2.05) is 11.0 Å². The minimum Gasteiger partial charge on any atom is -0.493 e. The van der Waals surface area contributed by atoms with Gasteiger partial charge in [-0.3, -0.25) is 14.5 Å². The van der Waals surface area contributed by atoms with Crippen LogP contribution in [0.4, 0.5) is 5.82 Å². The van der Waals surface area contributed by atoms with Crippen LogP contribution in [0.2, 0.25) is 0 Å². The number of carbonyl (C=O) groups excluding carboxylic acids is 2. The van der Waals surface area contributed by atoms with Gasteiger partial charge >= 0.3 is 0 Å². The maximum absolute atomic E-state index is 13.2. The van der Waals surface area contributed by atoms with Crippen molar-refractivity contribution < 1.29 is 23.8 Å². The van der Waals surface area contributed by atoms with E-state index in [1.165, 1.54) is 34.8 Å². The van der Waals surface area contributed by atoms with Gasteiger partial charge in [0.15, 0.2) is 11.5 Å². The highest BCUT2D eigenvalue weighted by molar-refractivity contribution is 6.21. The molecule has 2 aliphatic rings. The van der Waals surface area contributed by atoms with Crippen LogP contribution in [0.1, 0.15) is 5.56 Å². The first kappa shape index (κ1) is 28.3. The third kappa shape index (κ3) is 6.20. The number of anilines is 1. The Kier molecular flexibility index (Phi) is 8.30. The average Bonchev–Trinajstić information content (AvgIpc) is 3.03. The van der Waals surface area contributed by atoms with Crippen molar-refractivity contribution in [3.05, 3.63) is 90.0 Å². The lowest BCUT2D eigenvalue weighted by atomic mass is 10.0. The van der Waals surface area contributed by atoms with Gasteiger partial charge in [0.2, 0.25) is 11.6 Å². The lowest BCUT2D eigenvalue weighted by Gasteiger charge is -2.37. The smallest absolute Gasteiger partial charge is 0.204 e. The lowest BCUT2D eigenvalue weighted by Crippen LogP contribution is -2.47. The molecule has 1 aromatic heterocycles. The summed E-state index contributed by atoms with van der Waals surface area (Å²) in [6, 6.07) is 18.4. The van der Waals surface area contributed by atoms with Gasteiger partial charge in [-0.15, -0.1) is 0 Å². The number of nitrogens with zero attached hydrogens (tertiary/aromatic N) is 4. The van der Waals surface area contributed by atoms with Gasteiger partial charge in [0.1, 0.15) is 18.8 Å². The summed E-state index contributed by atoms with van der Waals surface area (Å²) in [5.74, 6) is 0.896. The maximum atomic E-state index is 13.2. The molecule has 0 bridgehead atoms. The number of hydrogen-bond acceptors (Lipinski definition) is 10. The van der Waals surface area contributed by atoms with Crippen molar-refractivity contribution in [2.45, 2.75) is 6.54 Å². The minimum atomic E-state index is -0.286.